The minimum Gasteiger partial charge on any atom is -0.762 e. The molecule has 13 heavy (non-hydrogen) atoms. The van der Waals surface area contributed by atoms with Crippen LogP contribution < -0.4 is 0 Å². The van der Waals surface area contributed by atoms with Crippen molar-refractivity contribution in [1.82, 2.24) is 0 Å². The molecule has 0 fully saturated rings. The Morgan fingerprint density at radius 3 is 2.38 bits per heavy atom. The van der Waals surface area contributed by atoms with E-state index in [0.717, 1.165) is 0 Å². The molecule has 0 saturated carbocycles. The largest absolute Gasteiger partial charge is 0.762 e. The highest BCUT2D eigenvalue weighted by Gasteiger charge is 2.08. The van der Waals surface area contributed by atoms with Crippen LogP contribution in [-0.4, -0.2) is 11.7 Å². The van der Waals surface area contributed by atoms with E-state index < -0.39 is 5.78 Å². The van der Waals surface area contributed by atoms with Gasteiger partial charge in [0.2, 0.25) is 5.78 Å². The summed E-state index contributed by atoms with van der Waals surface area (Å²) in [5, 5.41) is 16.9. The predicted octanol–water partition coefficient (Wildman–Crippen LogP) is 1.56. The van der Waals surface area contributed by atoms with Crippen molar-refractivity contribution in [3.8, 4) is 6.07 Å². The Morgan fingerprint density at radius 2 is 1.92 bits per heavy atom. The molecule has 0 bridgehead atoms. The molecule has 0 aliphatic heterocycles. The van der Waals surface area contributed by atoms with Crippen molar-refractivity contribution in [3.05, 3.63) is 46.9 Å². The maximum Gasteiger partial charge on any atom is 0.209 e. The Labute approximate surface area is 75.4 Å². The normalized spacial score (nSPS) is 8.23. The molecular weight excluding hydrogens is 164 g/mol. The first-order chi connectivity index (χ1) is 6.29. The zero-order valence-electron chi connectivity index (χ0n) is 6.69. The molecule has 1 rings (SSSR count). The summed E-state index contributed by atoms with van der Waals surface area (Å²) in [5.74, 6) is 1.03. The summed E-state index contributed by atoms with van der Waals surface area (Å²) in [7, 11) is 0. The third kappa shape index (κ3) is 1.90. The highest BCUT2D eigenvalue weighted by Crippen LogP contribution is 2.04. The fraction of sp³-hybridized carbons (Fsp3) is 0. The number of benzene rings is 1. The van der Waals surface area contributed by atoms with Crippen molar-refractivity contribution in [2.45, 2.75) is 0 Å². The average Bonchev–Trinajstić information content (AvgIpc) is 2.21. The molecule has 0 heterocycles. The summed E-state index contributed by atoms with van der Waals surface area (Å²) in [6.07, 6.45) is 0. The lowest BCUT2D eigenvalue weighted by Gasteiger charge is -1.96. The molecule has 3 heteroatoms. The van der Waals surface area contributed by atoms with Crippen LogP contribution in [0.3, 0.4) is 0 Å². The maximum absolute atomic E-state index is 11.3. The Kier molecular flexibility index (Phi) is 2.75. The topological polar surface area (TPSA) is 63.2 Å². The first kappa shape index (κ1) is 8.92. The van der Waals surface area contributed by atoms with Gasteiger partial charge in [-0.15, -0.1) is 0 Å². The molecule has 1 aromatic carbocycles. The van der Waals surface area contributed by atoms with Crippen molar-refractivity contribution in [2.24, 2.45) is 0 Å². The number of nitrogens with zero attached hydrogens (tertiary/aromatic N) is 2. The Balaban J connectivity index is 3.08. The van der Waals surface area contributed by atoms with Crippen LogP contribution in [0, 0.1) is 11.3 Å². The molecule has 0 aliphatic rings. The minimum absolute atomic E-state index is 0.362. The van der Waals surface area contributed by atoms with Gasteiger partial charge in [-0.3, -0.25) is 4.79 Å². The summed E-state index contributed by atoms with van der Waals surface area (Å²) in [6, 6.07) is 9.81. The van der Waals surface area contributed by atoms with E-state index in [0.29, 0.717) is 5.56 Å². The molecule has 0 N–H and O–H groups in total. The average molecular weight is 169 g/mol. The van der Waals surface area contributed by atoms with Gasteiger partial charge in [-0.25, -0.2) is 5.87 Å². The van der Waals surface area contributed by atoms with Crippen LogP contribution in [0.5, 0.6) is 0 Å². The number of carbonyl (C=O) groups is 1. The summed E-state index contributed by atoms with van der Waals surface area (Å²) >= 11 is 0. The zero-order chi connectivity index (χ0) is 9.68. The van der Waals surface area contributed by atoms with Gasteiger partial charge in [0.25, 0.3) is 0 Å². The van der Waals surface area contributed by atoms with Crippen molar-refractivity contribution in [3.63, 3.8) is 0 Å². The van der Waals surface area contributed by atoms with Crippen LogP contribution in [-0.2, 0) is 0 Å². The number of hydrogen-bond acceptors (Lipinski definition) is 2. The molecule has 0 radical (unpaired) electrons. The lowest BCUT2D eigenvalue weighted by atomic mass is 10.1. The standard InChI is InChI=1S/C10H5N2O/c11-6-9(7-12)10(13)8-4-2-1-3-5-8/h1-5H/q-1. The number of Topliss-reactive ketones (excluding diaryl/α,β-unsaturated/α-hetero) is 1. The molecule has 0 amide bonds. The summed E-state index contributed by atoms with van der Waals surface area (Å²) in [5.41, 5.74) is -0.0215. The van der Waals surface area contributed by atoms with Gasteiger partial charge in [-0.2, -0.15) is 5.26 Å². The lowest BCUT2D eigenvalue weighted by Crippen LogP contribution is -2.01. The number of ketones is 1. The second-order valence-corrected chi connectivity index (χ2v) is 2.29. The second kappa shape index (κ2) is 4.01. The van der Waals surface area contributed by atoms with Crippen LogP contribution in [0.15, 0.2) is 35.9 Å². The molecule has 0 unspecified atom stereocenters. The van der Waals surface area contributed by atoms with Crippen molar-refractivity contribution < 1.29 is 4.79 Å². The highest BCUT2D eigenvalue weighted by atomic mass is 16.1. The molecule has 0 aromatic heterocycles. The van der Waals surface area contributed by atoms with E-state index in [-0.39, 0.29) is 5.57 Å². The van der Waals surface area contributed by atoms with Crippen LogP contribution in [0.2, 0.25) is 0 Å². The number of hydrogen-bond donors (Lipinski definition) is 0. The zero-order valence-corrected chi connectivity index (χ0v) is 6.69. The molecule has 0 saturated heterocycles. The van der Waals surface area contributed by atoms with Gasteiger partial charge in [-0.05, 0) is 0 Å². The van der Waals surface area contributed by atoms with Gasteiger partial charge >= 0.3 is 0 Å². The third-order valence-electron chi connectivity index (χ3n) is 1.49. The van der Waals surface area contributed by atoms with Crippen molar-refractivity contribution >= 4 is 11.7 Å². The summed E-state index contributed by atoms with van der Waals surface area (Å²) in [6.45, 7) is 0. The molecule has 1 aromatic rings. The molecule has 3 nitrogen and oxygen atoms in total. The Hall–Kier alpha value is -2.17. The molecule has 0 aliphatic carbocycles. The van der Waals surface area contributed by atoms with E-state index in [1.165, 1.54) is 0 Å². The van der Waals surface area contributed by atoms with Crippen LogP contribution in [0.4, 0.5) is 0 Å². The number of nitriles is 1. The minimum atomic E-state index is -0.523. The molecule has 0 atom stereocenters. The van der Waals surface area contributed by atoms with E-state index in [1.54, 1.807) is 42.3 Å². The van der Waals surface area contributed by atoms with Crippen LogP contribution in [0.1, 0.15) is 10.4 Å². The predicted molar refractivity (Wildman–Crippen MR) is 48.3 cm³/mol. The van der Waals surface area contributed by atoms with Crippen LogP contribution >= 0.6 is 0 Å². The maximum atomic E-state index is 11.3. The lowest BCUT2D eigenvalue weighted by molar-refractivity contribution is 0.104. The van der Waals surface area contributed by atoms with E-state index >= 15 is 0 Å². The van der Waals surface area contributed by atoms with Gasteiger partial charge in [-0.1, -0.05) is 30.3 Å². The third-order valence-corrected chi connectivity index (χ3v) is 1.49. The first-order valence-electron chi connectivity index (χ1n) is 3.56. The fourth-order valence-corrected chi connectivity index (χ4v) is 0.860. The molecular formula is C10H5N2O-. The monoisotopic (exact) mass is 169 g/mol. The Morgan fingerprint density at radius 1 is 1.31 bits per heavy atom. The van der Waals surface area contributed by atoms with Gasteiger partial charge in [0.15, 0.2) is 0 Å². The van der Waals surface area contributed by atoms with E-state index in [2.05, 4.69) is 0 Å². The SMILES string of the molecule is N#CC(=C=[N-])C(=O)c1ccccc1. The fourth-order valence-electron chi connectivity index (χ4n) is 0.860. The molecule has 0 spiro atoms. The Bertz CT molecular complexity index is 408. The number of allylic oxidation sites excluding steroid dienone is 1. The van der Waals surface area contributed by atoms with Gasteiger partial charge < -0.3 is 5.41 Å². The number of carbonyl (C=O) groups excluding carboxylic acids is 1. The highest BCUT2D eigenvalue weighted by molar-refractivity contribution is 6.16. The van der Waals surface area contributed by atoms with Gasteiger partial charge in [0.1, 0.15) is 11.6 Å². The summed E-state index contributed by atoms with van der Waals surface area (Å²) in [4.78, 5) is 11.3. The van der Waals surface area contributed by atoms with Gasteiger partial charge in [0, 0.05) is 5.56 Å². The van der Waals surface area contributed by atoms with Gasteiger partial charge in [0.05, 0.1) is 0 Å². The van der Waals surface area contributed by atoms with E-state index in [4.69, 9.17) is 10.7 Å². The van der Waals surface area contributed by atoms with E-state index in [9.17, 15) is 4.79 Å². The smallest absolute Gasteiger partial charge is 0.209 e. The summed E-state index contributed by atoms with van der Waals surface area (Å²) < 4.78 is 0. The number of rotatable bonds is 2. The van der Waals surface area contributed by atoms with Crippen molar-refractivity contribution in [1.29, 1.82) is 5.26 Å². The quantitative estimate of drug-likeness (QED) is 0.292. The second-order valence-electron chi connectivity index (χ2n) is 2.29. The van der Waals surface area contributed by atoms with Crippen LogP contribution in [0.25, 0.3) is 5.41 Å². The van der Waals surface area contributed by atoms with E-state index in [1.807, 2.05) is 0 Å². The van der Waals surface area contributed by atoms with Crippen molar-refractivity contribution in [2.75, 3.05) is 0 Å². The first-order valence-corrected chi connectivity index (χ1v) is 3.56. The molecule has 62 valence electrons.